The van der Waals surface area contributed by atoms with E-state index < -0.39 is 0 Å². The van der Waals surface area contributed by atoms with E-state index in [2.05, 4.69) is 43.6 Å². The Hall–Kier alpha value is -3.42. The van der Waals surface area contributed by atoms with Crippen molar-refractivity contribution in [1.29, 1.82) is 0 Å². The first-order valence-electron chi connectivity index (χ1n) is 9.22. The normalized spacial score (nSPS) is 14.2. The van der Waals surface area contributed by atoms with Crippen molar-refractivity contribution in [2.45, 2.75) is 13.8 Å². The van der Waals surface area contributed by atoms with Gasteiger partial charge in [-0.2, -0.15) is 10.1 Å². The second-order valence-corrected chi connectivity index (χ2v) is 6.84. The van der Waals surface area contributed by atoms with Crippen LogP contribution in [-0.4, -0.2) is 52.2 Å². The van der Waals surface area contributed by atoms with E-state index in [0.717, 1.165) is 22.6 Å². The molecule has 3 aromatic rings. The van der Waals surface area contributed by atoms with Crippen LogP contribution in [0.1, 0.15) is 21.7 Å². The van der Waals surface area contributed by atoms with Crippen LogP contribution in [-0.2, 0) is 0 Å². The first kappa shape index (κ1) is 18.0. The highest BCUT2D eigenvalue weighted by Gasteiger charge is 2.24. The number of carbonyl (C=O) groups is 1. The molecule has 1 aliphatic heterocycles. The molecular formula is C20H22N6O2. The fourth-order valence-electron chi connectivity index (χ4n) is 3.19. The summed E-state index contributed by atoms with van der Waals surface area (Å²) in [6, 6.07) is 9.60. The maximum absolute atomic E-state index is 12.4. The predicted molar refractivity (Wildman–Crippen MR) is 106 cm³/mol. The van der Waals surface area contributed by atoms with E-state index in [1.165, 1.54) is 6.26 Å². The van der Waals surface area contributed by atoms with Crippen molar-refractivity contribution >= 4 is 23.4 Å². The Morgan fingerprint density at radius 2 is 1.96 bits per heavy atom. The van der Waals surface area contributed by atoms with Crippen molar-refractivity contribution in [3.8, 4) is 0 Å². The van der Waals surface area contributed by atoms with E-state index >= 15 is 0 Å². The monoisotopic (exact) mass is 378 g/mol. The Bertz CT molecular complexity index is 965. The van der Waals surface area contributed by atoms with Crippen molar-refractivity contribution in [3.63, 3.8) is 0 Å². The van der Waals surface area contributed by atoms with E-state index in [-0.39, 0.29) is 5.91 Å². The average molecular weight is 378 g/mol. The van der Waals surface area contributed by atoms with E-state index in [0.29, 0.717) is 37.9 Å². The van der Waals surface area contributed by atoms with Gasteiger partial charge in [-0.3, -0.25) is 4.79 Å². The molecule has 1 fully saturated rings. The van der Waals surface area contributed by atoms with Gasteiger partial charge in [-0.25, -0.2) is 0 Å². The summed E-state index contributed by atoms with van der Waals surface area (Å²) < 4.78 is 5.21. The van der Waals surface area contributed by atoms with Crippen molar-refractivity contribution in [2.24, 2.45) is 0 Å². The summed E-state index contributed by atoms with van der Waals surface area (Å²) in [5.41, 5.74) is 3.24. The number of benzene rings is 1. The summed E-state index contributed by atoms with van der Waals surface area (Å²) in [5, 5.41) is 11.4. The van der Waals surface area contributed by atoms with Gasteiger partial charge in [0, 0.05) is 31.9 Å². The topological polar surface area (TPSA) is 87.4 Å². The molecule has 8 heteroatoms. The first-order chi connectivity index (χ1) is 13.6. The van der Waals surface area contributed by atoms with Crippen LogP contribution >= 0.6 is 0 Å². The molecule has 8 nitrogen and oxygen atoms in total. The molecule has 0 saturated carbocycles. The fourth-order valence-corrected chi connectivity index (χ4v) is 3.19. The minimum absolute atomic E-state index is 0.0808. The molecule has 2 aromatic heterocycles. The molecule has 1 N–H and O–H groups in total. The van der Waals surface area contributed by atoms with E-state index in [1.54, 1.807) is 23.2 Å². The summed E-state index contributed by atoms with van der Waals surface area (Å²) in [6.07, 6.45) is 3.17. The molecule has 0 atom stereocenters. The standard InChI is InChI=1S/C20H22N6O2/c1-14-5-6-15(2)16(12-14)22-20-23-18(13-21-24-20)25-7-9-26(10-8-25)19(27)17-4-3-11-28-17/h3-6,11-13H,7-10H2,1-2H3,(H,22,23,24). The smallest absolute Gasteiger partial charge is 0.289 e. The molecule has 0 bridgehead atoms. The molecule has 1 aromatic carbocycles. The summed E-state index contributed by atoms with van der Waals surface area (Å²) in [4.78, 5) is 20.9. The van der Waals surface area contributed by atoms with Gasteiger partial charge in [-0.05, 0) is 43.2 Å². The molecule has 4 rings (SSSR count). The first-order valence-corrected chi connectivity index (χ1v) is 9.22. The van der Waals surface area contributed by atoms with Crippen LogP contribution < -0.4 is 10.2 Å². The zero-order valence-corrected chi connectivity index (χ0v) is 15.9. The van der Waals surface area contributed by atoms with Gasteiger partial charge in [0.2, 0.25) is 5.95 Å². The lowest BCUT2D eigenvalue weighted by molar-refractivity contribution is 0.0714. The number of rotatable bonds is 4. The average Bonchev–Trinajstić information content (AvgIpc) is 3.25. The molecule has 0 radical (unpaired) electrons. The van der Waals surface area contributed by atoms with Gasteiger partial charge in [0.15, 0.2) is 11.6 Å². The highest BCUT2D eigenvalue weighted by Crippen LogP contribution is 2.21. The van der Waals surface area contributed by atoms with Gasteiger partial charge in [0.1, 0.15) is 0 Å². The molecule has 1 saturated heterocycles. The maximum Gasteiger partial charge on any atom is 0.289 e. The number of piperazine rings is 1. The minimum Gasteiger partial charge on any atom is -0.459 e. The van der Waals surface area contributed by atoms with Crippen molar-refractivity contribution in [1.82, 2.24) is 20.1 Å². The van der Waals surface area contributed by atoms with Crippen LogP contribution in [0.3, 0.4) is 0 Å². The van der Waals surface area contributed by atoms with Crippen LogP contribution in [0.5, 0.6) is 0 Å². The summed E-state index contributed by atoms with van der Waals surface area (Å²) in [7, 11) is 0. The van der Waals surface area contributed by atoms with Crippen LogP contribution in [0.2, 0.25) is 0 Å². The Balaban J connectivity index is 1.42. The van der Waals surface area contributed by atoms with Crippen molar-refractivity contribution in [3.05, 3.63) is 59.7 Å². The van der Waals surface area contributed by atoms with Gasteiger partial charge < -0.3 is 19.5 Å². The fraction of sp³-hybridized carbons (Fsp3) is 0.300. The molecule has 0 spiro atoms. The summed E-state index contributed by atoms with van der Waals surface area (Å²) >= 11 is 0. The Morgan fingerprint density at radius 3 is 2.71 bits per heavy atom. The Labute approximate surface area is 163 Å². The maximum atomic E-state index is 12.4. The van der Waals surface area contributed by atoms with Crippen LogP contribution in [0.25, 0.3) is 0 Å². The van der Waals surface area contributed by atoms with Gasteiger partial charge in [-0.1, -0.05) is 12.1 Å². The summed E-state index contributed by atoms with van der Waals surface area (Å²) in [5.74, 6) is 1.49. The van der Waals surface area contributed by atoms with Crippen LogP contribution in [0.15, 0.2) is 47.2 Å². The molecule has 3 heterocycles. The number of aryl methyl sites for hydroxylation is 2. The molecule has 144 valence electrons. The van der Waals surface area contributed by atoms with E-state index in [4.69, 9.17) is 4.42 Å². The van der Waals surface area contributed by atoms with Crippen LogP contribution in [0.4, 0.5) is 17.5 Å². The zero-order valence-electron chi connectivity index (χ0n) is 15.9. The SMILES string of the molecule is Cc1ccc(C)c(Nc2nncc(N3CCN(C(=O)c4ccco4)CC3)n2)c1. The van der Waals surface area contributed by atoms with Crippen molar-refractivity contribution in [2.75, 3.05) is 36.4 Å². The number of hydrogen-bond acceptors (Lipinski definition) is 7. The third-order valence-electron chi connectivity index (χ3n) is 4.81. The van der Waals surface area contributed by atoms with E-state index in [1.807, 2.05) is 13.8 Å². The van der Waals surface area contributed by atoms with Gasteiger partial charge in [-0.15, -0.1) is 5.10 Å². The Morgan fingerprint density at radius 1 is 1.14 bits per heavy atom. The quantitative estimate of drug-likeness (QED) is 0.747. The van der Waals surface area contributed by atoms with E-state index in [9.17, 15) is 4.79 Å². The lowest BCUT2D eigenvalue weighted by Crippen LogP contribution is -2.49. The second kappa shape index (κ2) is 7.67. The Kier molecular flexibility index (Phi) is 4.92. The van der Waals surface area contributed by atoms with Crippen LogP contribution in [0, 0.1) is 13.8 Å². The zero-order chi connectivity index (χ0) is 19.5. The highest BCUT2D eigenvalue weighted by atomic mass is 16.3. The number of aromatic nitrogens is 3. The third kappa shape index (κ3) is 3.80. The number of anilines is 3. The largest absolute Gasteiger partial charge is 0.459 e. The van der Waals surface area contributed by atoms with Gasteiger partial charge in [0.05, 0.1) is 12.5 Å². The summed E-state index contributed by atoms with van der Waals surface area (Å²) in [6.45, 7) is 6.63. The lowest BCUT2D eigenvalue weighted by Gasteiger charge is -2.34. The molecule has 1 amide bonds. The molecule has 28 heavy (non-hydrogen) atoms. The minimum atomic E-state index is -0.0808. The molecule has 0 aliphatic carbocycles. The number of hydrogen-bond donors (Lipinski definition) is 1. The van der Waals surface area contributed by atoms with Gasteiger partial charge in [0.25, 0.3) is 5.91 Å². The lowest BCUT2D eigenvalue weighted by atomic mass is 10.1. The number of nitrogens with zero attached hydrogens (tertiary/aromatic N) is 5. The number of amides is 1. The third-order valence-corrected chi connectivity index (χ3v) is 4.81. The second-order valence-electron chi connectivity index (χ2n) is 6.84. The predicted octanol–water partition coefficient (Wildman–Crippen LogP) is 2.79. The molecule has 1 aliphatic rings. The number of furan rings is 1. The van der Waals surface area contributed by atoms with Crippen molar-refractivity contribution < 1.29 is 9.21 Å². The molecular weight excluding hydrogens is 356 g/mol. The number of nitrogens with one attached hydrogen (secondary N) is 1. The van der Waals surface area contributed by atoms with Gasteiger partial charge >= 0.3 is 0 Å². The molecule has 0 unspecified atom stereocenters. The highest BCUT2D eigenvalue weighted by molar-refractivity contribution is 5.91. The number of carbonyl (C=O) groups excluding carboxylic acids is 1.